The number of amidine groups is 2. The van der Waals surface area contributed by atoms with Crippen LogP contribution in [-0.4, -0.2) is 44.2 Å². The molecule has 0 bridgehead atoms. The van der Waals surface area contributed by atoms with E-state index in [1.165, 1.54) is 28.5 Å². The zero-order valence-electron chi connectivity index (χ0n) is 16.7. The van der Waals surface area contributed by atoms with Crippen molar-refractivity contribution in [3.8, 4) is 11.4 Å². The maximum atomic E-state index is 12.6. The Bertz CT molecular complexity index is 1180. The molecule has 1 amide bonds. The van der Waals surface area contributed by atoms with Gasteiger partial charge in [-0.15, -0.1) is 16.9 Å². The molecule has 0 atom stereocenters. The van der Waals surface area contributed by atoms with Crippen LogP contribution in [0.3, 0.4) is 0 Å². The number of aryl methyl sites for hydroxylation is 1. The third kappa shape index (κ3) is 3.46. The van der Waals surface area contributed by atoms with E-state index in [0.29, 0.717) is 15.9 Å². The van der Waals surface area contributed by atoms with Gasteiger partial charge < -0.3 is 9.30 Å². The lowest BCUT2D eigenvalue weighted by Gasteiger charge is -2.20. The molecule has 0 unspecified atom stereocenters. The van der Waals surface area contributed by atoms with Gasteiger partial charge in [-0.05, 0) is 67.8 Å². The smallest absolute Gasteiger partial charge is 0.283 e. The Morgan fingerprint density at radius 2 is 2.07 bits per heavy atom. The first-order chi connectivity index (χ1) is 14.3. The van der Waals surface area contributed by atoms with E-state index in [-0.39, 0.29) is 11.4 Å². The highest BCUT2D eigenvalue weighted by molar-refractivity contribution is 8.45. The summed E-state index contributed by atoms with van der Waals surface area (Å²) in [4.78, 5) is 16.7. The van der Waals surface area contributed by atoms with Gasteiger partial charge in [-0.3, -0.25) is 10.2 Å². The van der Waals surface area contributed by atoms with Crippen molar-refractivity contribution in [3.63, 3.8) is 0 Å². The van der Waals surface area contributed by atoms with Crippen LogP contribution in [0.25, 0.3) is 11.8 Å². The number of nitrogens with one attached hydrogen (secondary N) is 1. The van der Waals surface area contributed by atoms with Crippen molar-refractivity contribution < 1.29 is 9.53 Å². The van der Waals surface area contributed by atoms with Gasteiger partial charge in [0.1, 0.15) is 5.75 Å². The number of hydrazone groups is 1. The second kappa shape index (κ2) is 7.98. The van der Waals surface area contributed by atoms with Crippen LogP contribution < -0.4 is 4.74 Å². The van der Waals surface area contributed by atoms with Gasteiger partial charge in [0, 0.05) is 16.4 Å². The number of ether oxygens (including phenoxy) is 1. The standard InChI is InChI=1S/C20H18ClN5O2S2/c1-10-7-12(11(2)25(10)15-9-13(21)5-6-16(15)28-3)8-14-17(22)26-19(23-18(14)27)30-20(24-26)29-4/h5-9,22H,1-4H3. The number of amides is 1. The highest BCUT2D eigenvalue weighted by Gasteiger charge is 2.35. The van der Waals surface area contributed by atoms with Gasteiger partial charge in [0.2, 0.25) is 5.17 Å². The minimum Gasteiger partial charge on any atom is -0.495 e. The largest absolute Gasteiger partial charge is 0.495 e. The van der Waals surface area contributed by atoms with Gasteiger partial charge in [-0.1, -0.05) is 11.6 Å². The monoisotopic (exact) mass is 459 g/mol. The summed E-state index contributed by atoms with van der Waals surface area (Å²) < 4.78 is 8.26. The number of thioether (sulfide) groups is 2. The maximum absolute atomic E-state index is 12.6. The molecule has 1 aromatic carbocycles. The molecule has 2 aliphatic rings. The molecule has 4 rings (SSSR count). The number of carbonyl (C=O) groups is 1. The predicted molar refractivity (Wildman–Crippen MR) is 125 cm³/mol. The van der Waals surface area contributed by atoms with Gasteiger partial charge in [0.25, 0.3) is 5.91 Å². The third-order valence-electron chi connectivity index (χ3n) is 4.76. The number of aliphatic imine (C=N–C) groups is 1. The number of fused-ring (bicyclic) bond motifs is 1. The number of hydrogen-bond donors (Lipinski definition) is 1. The van der Waals surface area contributed by atoms with Crippen molar-refractivity contribution >= 4 is 62.5 Å². The Balaban J connectivity index is 1.79. The molecule has 2 aliphatic heterocycles. The molecule has 1 aromatic heterocycles. The van der Waals surface area contributed by atoms with Crippen LogP contribution in [0.1, 0.15) is 17.0 Å². The van der Waals surface area contributed by atoms with Crippen LogP contribution >= 0.6 is 35.1 Å². The van der Waals surface area contributed by atoms with Crippen molar-refractivity contribution in [2.75, 3.05) is 13.4 Å². The van der Waals surface area contributed by atoms with Crippen molar-refractivity contribution in [3.05, 3.63) is 51.8 Å². The number of halogens is 1. The fourth-order valence-electron chi connectivity index (χ4n) is 3.35. The second-order valence-corrected chi connectivity index (χ2v) is 9.01. The van der Waals surface area contributed by atoms with Gasteiger partial charge in [-0.2, -0.15) is 10.0 Å². The lowest BCUT2D eigenvalue weighted by Crippen LogP contribution is -2.35. The molecule has 7 nitrogen and oxygen atoms in total. The quantitative estimate of drug-likeness (QED) is 0.673. The first-order valence-electron chi connectivity index (χ1n) is 8.91. The number of carbonyl (C=O) groups excluding carboxylic acids is 1. The predicted octanol–water partition coefficient (Wildman–Crippen LogP) is 4.70. The average molecular weight is 460 g/mol. The Kier molecular flexibility index (Phi) is 5.52. The number of rotatable bonds is 3. The SMILES string of the molecule is COc1ccc(Cl)cc1-n1c(C)cc(C=C2C(=N)N3N=C(SC)SC3=NC2=O)c1C. The summed E-state index contributed by atoms with van der Waals surface area (Å²) in [6.45, 7) is 3.91. The Labute approximate surface area is 187 Å². The van der Waals surface area contributed by atoms with E-state index in [1.54, 1.807) is 19.3 Å². The maximum Gasteiger partial charge on any atom is 0.283 e. The Morgan fingerprint density at radius 3 is 2.77 bits per heavy atom. The summed E-state index contributed by atoms with van der Waals surface area (Å²) in [6.07, 6.45) is 3.59. The van der Waals surface area contributed by atoms with Gasteiger partial charge >= 0.3 is 0 Å². The molecule has 0 saturated heterocycles. The summed E-state index contributed by atoms with van der Waals surface area (Å²) >= 11 is 8.96. The number of nitrogens with zero attached hydrogens (tertiary/aromatic N) is 4. The number of benzene rings is 1. The molecule has 10 heteroatoms. The zero-order valence-corrected chi connectivity index (χ0v) is 19.1. The van der Waals surface area contributed by atoms with E-state index in [9.17, 15) is 4.79 Å². The van der Waals surface area contributed by atoms with Gasteiger partial charge in [-0.25, -0.2) is 0 Å². The summed E-state index contributed by atoms with van der Waals surface area (Å²) in [5.41, 5.74) is 3.64. The Morgan fingerprint density at radius 1 is 1.30 bits per heavy atom. The first-order valence-corrected chi connectivity index (χ1v) is 11.3. The molecule has 1 N–H and O–H groups in total. The van der Waals surface area contributed by atoms with Gasteiger partial charge in [0.15, 0.2) is 10.2 Å². The molecule has 30 heavy (non-hydrogen) atoms. The summed E-state index contributed by atoms with van der Waals surface area (Å²) in [6, 6.07) is 7.38. The van der Waals surface area contributed by atoms with E-state index in [0.717, 1.165) is 27.0 Å². The molecular weight excluding hydrogens is 442 g/mol. The topological polar surface area (TPSA) is 83.0 Å². The lowest BCUT2D eigenvalue weighted by atomic mass is 10.1. The van der Waals surface area contributed by atoms with Crippen LogP contribution in [0.15, 0.2) is 39.9 Å². The van der Waals surface area contributed by atoms with Crippen LogP contribution in [0.4, 0.5) is 0 Å². The molecule has 154 valence electrons. The second-order valence-electron chi connectivity index (χ2n) is 6.57. The number of hydrogen-bond acceptors (Lipinski definition) is 6. The van der Waals surface area contributed by atoms with Crippen molar-refractivity contribution in [1.29, 1.82) is 5.41 Å². The highest BCUT2D eigenvalue weighted by Crippen LogP contribution is 2.34. The first kappa shape index (κ1) is 20.8. The fraction of sp³-hybridized carbons (Fsp3) is 0.200. The summed E-state index contributed by atoms with van der Waals surface area (Å²) in [5.74, 6) is 0.261. The molecule has 3 heterocycles. The molecule has 0 spiro atoms. The van der Waals surface area contributed by atoms with E-state index in [1.807, 2.05) is 42.9 Å². The minimum absolute atomic E-state index is 0.0201. The number of methoxy groups -OCH3 is 1. The molecule has 2 aromatic rings. The third-order valence-corrected chi connectivity index (χ3v) is 6.88. The van der Waals surface area contributed by atoms with E-state index < -0.39 is 5.91 Å². The molecule has 0 fully saturated rings. The van der Waals surface area contributed by atoms with Crippen LogP contribution in [0, 0.1) is 19.3 Å². The average Bonchev–Trinajstić information content (AvgIpc) is 3.25. The van der Waals surface area contributed by atoms with E-state index in [4.69, 9.17) is 21.7 Å². The molecule has 0 saturated carbocycles. The Hall–Kier alpha value is -2.49. The van der Waals surface area contributed by atoms with Crippen molar-refractivity contribution in [2.24, 2.45) is 10.1 Å². The molecular formula is C20H18ClN5O2S2. The minimum atomic E-state index is -0.443. The summed E-state index contributed by atoms with van der Waals surface area (Å²) in [7, 11) is 1.61. The van der Waals surface area contributed by atoms with Crippen molar-refractivity contribution in [1.82, 2.24) is 9.58 Å². The molecule has 0 radical (unpaired) electrons. The summed E-state index contributed by atoms with van der Waals surface area (Å²) in [5, 5.41) is 15.3. The lowest BCUT2D eigenvalue weighted by molar-refractivity contribution is -0.114. The zero-order chi connectivity index (χ0) is 21.6. The normalized spacial score (nSPS) is 17.4. The van der Waals surface area contributed by atoms with Gasteiger partial charge in [0.05, 0.1) is 18.4 Å². The van der Waals surface area contributed by atoms with Crippen LogP contribution in [0.5, 0.6) is 5.75 Å². The molecule has 0 aliphatic carbocycles. The van der Waals surface area contributed by atoms with Crippen LogP contribution in [0.2, 0.25) is 5.02 Å². The van der Waals surface area contributed by atoms with E-state index in [2.05, 4.69) is 10.1 Å². The van der Waals surface area contributed by atoms with Crippen LogP contribution in [-0.2, 0) is 4.79 Å². The van der Waals surface area contributed by atoms with E-state index >= 15 is 0 Å². The fourth-order valence-corrected chi connectivity index (χ4v) is 4.87. The number of aromatic nitrogens is 1. The van der Waals surface area contributed by atoms with Crippen molar-refractivity contribution in [2.45, 2.75) is 13.8 Å². The highest BCUT2D eigenvalue weighted by atomic mass is 35.5.